The molecule has 1 aromatic rings. The lowest BCUT2D eigenvalue weighted by Gasteiger charge is -2.23. The largest absolute Gasteiger partial charge is 0.416 e. The minimum absolute atomic E-state index is 0.405. The van der Waals surface area contributed by atoms with Crippen LogP contribution in [0.15, 0.2) is 18.2 Å². The molecule has 0 radical (unpaired) electrons. The Labute approximate surface area is 111 Å². The topological polar surface area (TPSA) is 38.0 Å². The van der Waals surface area contributed by atoms with Gasteiger partial charge in [-0.15, -0.1) is 0 Å². The van der Waals surface area contributed by atoms with E-state index in [1.807, 2.05) is 0 Å². The van der Waals surface area contributed by atoms with Gasteiger partial charge >= 0.3 is 6.18 Å². The van der Waals surface area contributed by atoms with Gasteiger partial charge in [0.15, 0.2) is 0 Å². The third-order valence-corrected chi connectivity index (χ3v) is 3.64. The zero-order chi connectivity index (χ0) is 13.9. The van der Waals surface area contributed by atoms with E-state index < -0.39 is 11.7 Å². The van der Waals surface area contributed by atoms with Crippen molar-refractivity contribution in [3.05, 3.63) is 29.3 Å². The Bertz CT molecular complexity index is 423. The molecule has 106 valence electrons. The maximum absolute atomic E-state index is 12.6. The molecule has 1 aliphatic rings. The van der Waals surface area contributed by atoms with Crippen LogP contribution in [0.25, 0.3) is 0 Å². The van der Waals surface area contributed by atoms with E-state index in [0.717, 1.165) is 25.5 Å². The van der Waals surface area contributed by atoms with Gasteiger partial charge in [-0.25, -0.2) is 0 Å². The molecule has 0 aromatic heterocycles. The van der Waals surface area contributed by atoms with Crippen LogP contribution in [0, 0.1) is 0 Å². The Morgan fingerprint density at radius 2 is 2.05 bits per heavy atom. The van der Waals surface area contributed by atoms with Gasteiger partial charge in [0.05, 0.1) is 5.56 Å². The third-order valence-electron chi connectivity index (χ3n) is 3.64. The van der Waals surface area contributed by atoms with Crippen LogP contribution in [0.2, 0.25) is 0 Å². The number of nitrogens with one attached hydrogen (secondary N) is 1. The van der Waals surface area contributed by atoms with Crippen LogP contribution in [0.3, 0.4) is 0 Å². The molecule has 1 saturated heterocycles. The van der Waals surface area contributed by atoms with Crippen molar-refractivity contribution in [1.82, 2.24) is 5.32 Å². The van der Waals surface area contributed by atoms with E-state index in [1.54, 1.807) is 0 Å². The summed E-state index contributed by atoms with van der Waals surface area (Å²) in [5, 5.41) is 3.39. The number of alkyl halides is 3. The molecular weight excluding hydrogens is 253 g/mol. The van der Waals surface area contributed by atoms with Gasteiger partial charge in [0.25, 0.3) is 0 Å². The number of hydrogen-bond acceptors (Lipinski definition) is 2. The van der Waals surface area contributed by atoms with E-state index in [-0.39, 0.29) is 0 Å². The highest BCUT2D eigenvalue weighted by Crippen LogP contribution is 2.31. The summed E-state index contributed by atoms with van der Waals surface area (Å²) in [5.74, 6) is 0. The van der Waals surface area contributed by atoms with E-state index in [1.165, 1.54) is 25.0 Å². The minimum Gasteiger partial charge on any atom is -0.399 e. The van der Waals surface area contributed by atoms with Gasteiger partial charge in [-0.05, 0) is 56.0 Å². The number of benzene rings is 1. The summed E-state index contributed by atoms with van der Waals surface area (Å²) in [6.45, 7) is 1.00. The van der Waals surface area contributed by atoms with Crippen molar-refractivity contribution in [2.24, 2.45) is 0 Å². The highest BCUT2D eigenvalue weighted by atomic mass is 19.4. The molecule has 0 aliphatic carbocycles. The maximum Gasteiger partial charge on any atom is 0.416 e. The molecule has 3 N–H and O–H groups in total. The van der Waals surface area contributed by atoms with Crippen LogP contribution in [0.5, 0.6) is 0 Å². The van der Waals surface area contributed by atoms with Gasteiger partial charge < -0.3 is 11.1 Å². The molecular formula is C14H19F3N2. The van der Waals surface area contributed by atoms with Crippen molar-refractivity contribution in [3.63, 3.8) is 0 Å². The standard InChI is InChI=1S/C14H19F3N2/c15-14(16,17)11-5-7-13(18)10(9-11)4-6-12-3-1-2-8-19-12/h5,7,9,12,19H,1-4,6,8,18H2. The quantitative estimate of drug-likeness (QED) is 0.828. The molecule has 1 unspecified atom stereocenters. The lowest BCUT2D eigenvalue weighted by Crippen LogP contribution is -2.34. The first-order chi connectivity index (χ1) is 8.97. The van der Waals surface area contributed by atoms with E-state index in [0.29, 0.717) is 23.7 Å². The Morgan fingerprint density at radius 1 is 1.26 bits per heavy atom. The SMILES string of the molecule is Nc1ccc(C(F)(F)F)cc1CCC1CCCCN1. The number of halogens is 3. The number of nitrogen functional groups attached to an aromatic ring is 1. The number of aryl methyl sites for hydroxylation is 1. The second kappa shape index (κ2) is 5.82. The summed E-state index contributed by atoms with van der Waals surface area (Å²) in [6, 6.07) is 3.98. The van der Waals surface area contributed by atoms with Crippen LogP contribution in [0.4, 0.5) is 18.9 Å². The number of anilines is 1. The first kappa shape index (κ1) is 14.2. The molecule has 0 amide bonds. The van der Waals surface area contributed by atoms with Crippen molar-refractivity contribution in [2.45, 2.75) is 44.3 Å². The minimum atomic E-state index is -4.30. The molecule has 5 heteroatoms. The van der Waals surface area contributed by atoms with Crippen molar-refractivity contribution in [3.8, 4) is 0 Å². The van der Waals surface area contributed by atoms with Gasteiger partial charge in [0, 0.05) is 11.7 Å². The fourth-order valence-electron chi connectivity index (χ4n) is 2.50. The zero-order valence-electron chi connectivity index (χ0n) is 10.8. The molecule has 0 spiro atoms. The molecule has 1 fully saturated rings. The second-order valence-electron chi connectivity index (χ2n) is 5.10. The van der Waals surface area contributed by atoms with Crippen LogP contribution in [-0.2, 0) is 12.6 Å². The molecule has 1 aromatic carbocycles. The summed E-state index contributed by atoms with van der Waals surface area (Å²) < 4.78 is 37.9. The molecule has 0 bridgehead atoms. The fourth-order valence-corrected chi connectivity index (χ4v) is 2.50. The second-order valence-corrected chi connectivity index (χ2v) is 5.10. The number of hydrogen-bond donors (Lipinski definition) is 2. The predicted octanol–water partition coefficient (Wildman–Crippen LogP) is 3.36. The average Bonchev–Trinajstić information content (AvgIpc) is 2.37. The number of rotatable bonds is 3. The zero-order valence-corrected chi connectivity index (χ0v) is 10.8. The van der Waals surface area contributed by atoms with Gasteiger partial charge in [-0.2, -0.15) is 13.2 Å². The van der Waals surface area contributed by atoms with Crippen LogP contribution in [0.1, 0.15) is 36.8 Å². The normalized spacial score (nSPS) is 20.5. The predicted molar refractivity (Wildman–Crippen MR) is 69.8 cm³/mol. The molecule has 2 rings (SSSR count). The van der Waals surface area contributed by atoms with Crippen molar-refractivity contribution >= 4 is 5.69 Å². The molecule has 2 nitrogen and oxygen atoms in total. The summed E-state index contributed by atoms with van der Waals surface area (Å²) in [5.41, 5.74) is 6.19. The first-order valence-corrected chi connectivity index (χ1v) is 6.66. The molecule has 1 aliphatic heterocycles. The summed E-state index contributed by atoms with van der Waals surface area (Å²) in [6.07, 6.45) is 0.598. The van der Waals surface area contributed by atoms with Gasteiger partial charge in [-0.3, -0.25) is 0 Å². The Morgan fingerprint density at radius 3 is 2.68 bits per heavy atom. The smallest absolute Gasteiger partial charge is 0.399 e. The monoisotopic (exact) mass is 272 g/mol. The fraction of sp³-hybridized carbons (Fsp3) is 0.571. The lowest BCUT2D eigenvalue weighted by atomic mass is 9.96. The number of nitrogens with two attached hydrogens (primary N) is 1. The van der Waals surface area contributed by atoms with Gasteiger partial charge in [-0.1, -0.05) is 6.42 Å². The van der Waals surface area contributed by atoms with Crippen LogP contribution in [-0.4, -0.2) is 12.6 Å². The van der Waals surface area contributed by atoms with Gasteiger partial charge in [0.1, 0.15) is 0 Å². The summed E-state index contributed by atoms with van der Waals surface area (Å²) >= 11 is 0. The van der Waals surface area contributed by atoms with Crippen molar-refractivity contribution < 1.29 is 13.2 Å². The average molecular weight is 272 g/mol. The Balaban J connectivity index is 2.02. The summed E-state index contributed by atoms with van der Waals surface area (Å²) in [7, 11) is 0. The Hall–Kier alpha value is -1.23. The lowest BCUT2D eigenvalue weighted by molar-refractivity contribution is -0.137. The van der Waals surface area contributed by atoms with E-state index >= 15 is 0 Å². The van der Waals surface area contributed by atoms with E-state index in [2.05, 4.69) is 5.32 Å². The van der Waals surface area contributed by atoms with E-state index in [9.17, 15) is 13.2 Å². The maximum atomic E-state index is 12.6. The highest BCUT2D eigenvalue weighted by molar-refractivity contribution is 5.49. The summed E-state index contributed by atoms with van der Waals surface area (Å²) in [4.78, 5) is 0. The molecule has 1 heterocycles. The molecule has 1 atom stereocenters. The number of piperidine rings is 1. The first-order valence-electron chi connectivity index (χ1n) is 6.66. The molecule has 0 saturated carbocycles. The highest BCUT2D eigenvalue weighted by Gasteiger charge is 2.30. The molecule has 19 heavy (non-hydrogen) atoms. The van der Waals surface area contributed by atoms with Crippen molar-refractivity contribution in [1.29, 1.82) is 0 Å². The Kier molecular flexibility index (Phi) is 4.34. The van der Waals surface area contributed by atoms with E-state index in [4.69, 9.17) is 5.73 Å². The van der Waals surface area contributed by atoms with Gasteiger partial charge in [0.2, 0.25) is 0 Å². The van der Waals surface area contributed by atoms with Crippen LogP contribution < -0.4 is 11.1 Å². The third kappa shape index (κ3) is 3.86. The van der Waals surface area contributed by atoms with Crippen LogP contribution >= 0.6 is 0 Å². The van der Waals surface area contributed by atoms with Crippen molar-refractivity contribution in [2.75, 3.05) is 12.3 Å².